The molecule has 0 bridgehead atoms. The van der Waals surface area contributed by atoms with Crippen LogP contribution in [-0.2, 0) is 20.8 Å². The van der Waals surface area contributed by atoms with Gasteiger partial charge in [-0.15, -0.1) is 0 Å². The van der Waals surface area contributed by atoms with Crippen LogP contribution in [0.15, 0.2) is 28.7 Å². The maximum Gasteiger partial charge on any atom is 0.433 e. The van der Waals surface area contributed by atoms with Gasteiger partial charge >= 0.3 is 11.9 Å². The number of esters is 1. The van der Waals surface area contributed by atoms with E-state index in [4.69, 9.17) is 13.9 Å². The number of carbonyl (C=O) groups excluding carboxylic acids is 2. The van der Waals surface area contributed by atoms with Crippen molar-refractivity contribution in [3.8, 4) is 0 Å². The molecule has 3 heterocycles. The number of hydrogen-bond acceptors (Lipinski definition) is 7. The van der Waals surface area contributed by atoms with E-state index < -0.39 is 23.4 Å². The van der Waals surface area contributed by atoms with Crippen molar-refractivity contribution >= 4 is 23.7 Å². The second-order valence-electron chi connectivity index (χ2n) is 6.83. The standard InChI is InChI=1S/C20H22N2O7/c1-13-10-17(14(2)21(13)11-16-4-3-9-27-16)18(23)12-28-20(24)8-6-15-5-7-19(29-15)22(25)26/h5-8,10,16H,3-4,9,11-12H2,1-2H3/b8-6+/t16-/m0/s1. The summed E-state index contributed by atoms with van der Waals surface area (Å²) in [5.41, 5.74) is 2.28. The molecule has 0 saturated carbocycles. The lowest BCUT2D eigenvalue weighted by atomic mass is 10.1. The zero-order chi connectivity index (χ0) is 21.0. The second kappa shape index (κ2) is 8.87. The van der Waals surface area contributed by atoms with Crippen LogP contribution >= 0.6 is 0 Å². The molecule has 1 fully saturated rings. The third kappa shape index (κ3) is 5.00. The average molecular weight is 402 g/mol. The summed E-state index contributed by atoms with van der Waals surface area (Å²) >= 11 is 0. The van der Waals surface area contributed by atoms with Crippen LogP contribution in [0.1, 0.15) is 40.3 Å². The van der Waals surface area contributed by atoms with Gasteiger partial charge in [-0.25, -0.2) is 4.79 Å². The Morgan fingerprint density at radius 1 is 1.38 bits per heavy atom. The molecule has 0 radical (unpaired) electrons. The molecule has 154 valence electrons. The summed E-state index contributed by atoms with van der Waals surface area (Å²) in [6.07, 6.45) is 4.50. The van der Waals surface area contributed by atoms with Crippen LogP contribution in [0.5, 0.6) is 0 Å². The van der Waals surface area contributed by atoms with Gasteiger partial charge in [0.2, 0.25) is 5.78 Å². The number of carbonyl (C=O) groups is 2. The Morgan fingerprint density at radius 3 is 2.83 bits per heavy atom. The molecular formula is C20H22N2O7. The minimum absolute atomic E-state index is 0.137. The molecule has 9 nitrogen and oxygen atoms in total. The SMILES string of the molecule is Cc1cc(C(=O)COC(=O)/C=C/c2ccc([N+](=O)[O-])o2)c(C)n1C[C@@H]1CCCO1. The van der Waals surface area contributed by atoms with Gasteiger partial charge in [0.05, 0.1) is 12.2 Å². The van der Waals surface area contributed by atoms with Crippen molar-refractivity contribution in [1.82, 2.24) is 4.57 Å². The number of rotatable bonds is 8. The lowest BCUT2D eigenvalue weighted by Gasteiger charge is -2.14. The Bertz CT molecular complexity index is 948. The average Bonchev–Trinajstić information content (AvgIpc) is 3.42. The van der Waals surface area contributed by atoms with E-state index in [-0.39, 0.29) is 17.6 Å². The van der Waals surface area contributed by atoms with Gasteiger partial charge in [-0.2, -0.15) is 0 Å². The largest absolute Gasteiger partial charge is 0.454 e. The number of hydrogen-bond donors (Lipinski definition) is 0. The molecule has 2 aromatic rings. The fourth-order valence-electron chi connectivity index (χ4n) is 3.30. The molecule has 0 amide bonds. The molecule has 3 rings (SSSR count). The lowest BCUT2D eigenvalue weighted by Crippen LogP contribution is -2.18. The van der Waals surface area contributed by atoms with Gasteiger partial charge < -0.3 is 18.5 Å². The van der Waals surface area contributed by atoms with Crippen LogP contribution in [0.2, 0.25) is 0 Å². The minimum atomic E-state index is -0.745. The predicted octanol–water partition coefficient (Wildman–Crippen LogP) is 3.22. The summed E-state index contributed by atoms with van der Waals surface area (Å²) in [4.78, 5) is 34.2. The highest BCUT2D eigenvalue weighted by molar-refractivity contribution is 6.00. The number of ketones is 1. The van der Waals surface area contributed by atoms with E-state index in [1.54, 1.807) is 6.07 Å². The fourth-order valence-corrected chi connectivity index (χ4v) is 3.30. The van der Waals surface area contributed by atoms with Gasteiger partial charge in [-0.1, -0.05) is 0 Å². The summed E-state index contributed by atoms with van der Waals surface area (Å²) in [7, 11) is 0. The zero-order valence-electron chi connectivity index (χ0n) is 16.3. The van der Waals surface area contributed by atoms with Crippen molar-refractivity contribution in [2.45, 2.75) is 39.3 Å². The third-order valence-corrected chi connectivity index (χ3v) is 4.81. The number of aromatic nitrogens is 1. The molecular weight excluding hydrogens is 380 g/mol. The Kier molecular flexibility index (Phi) is 6.28. The summed E-state index contributed by atoms with van der Waals surface area (Å²) < 4.78 is 17.6. The molecule has 0 unspecified atom stereocenters. The van der Waals surface area contributed by atoms with E-state index in [0.717, 1.165) is 36.9 Å². The lowest BCUT2D eigenvalue weighted by molar-refractivity contribution is -0.402. The molecule has 0 aliphatic carbocycles. The Labute approximate surface area is 167 Å². The molecule has 1 aliphatic heterocycles. The second-order valence-corrected chi connectivity index (χ2v) is 6.83. The van der Waals surface area contributed by atoms with Crippen LogP contribution < -0.4 is 0 Å². The van der Waals surface area contributed by atoms with Crippen LogP contribution in [0.25, 0.3) is 6.08 Å². The summed E-state index contributed by atoms with van der Waals surface area (Å²) in [5.74, 6) is -1.33. The fraction of sp³-hybridized carbons (Fsp3) is 0.400. The van der Waals surface area contributed by atoms with E-state index in [9.17, 15) is 19.7 Å². The monoisotopic (exact) mass is 402 g/mol. The number of Topliss-reactive ketones (excluding diaryl/α,β-unsaturated/α-hetero) is 1. The Morgan fingerprint density at radius 2 is 2.17 bits per heavy atom. The van der Waals surface area contributed by atoms with E-state index >= 15 is 0 Å². The maximum absolute atomic E-state index is 12.5. The highest BCUT2D eigenvalue weighted by Gasteiger charge is 2.21. The van der Waals surface area contributed by atoms with E-state index in [1.807, 2.05) is 13.8 Å². The van der Waals surface area contributed by atoms with E-state index in [0.29, 0.717) is 12.1 Å². The maximum atomic E-state index is 12.5. The van der Waals surface area contributed by atoms with Gasteiger partial charge in [-0.05, 0) is 44.9 Å². The normalized spacial score (nSPS) is 16.4. The number of furan rings is 1. The van der Waals surface area contributed by atoms with Gasteiger partial charge in [0.25, 0.3) is 0 Å². The van der Waals surface area contributed by atoms with Crippen molar-refractivity contribution in [3.05, 3.63) is 57.1 Å². The minimum Gasteiger partial charge on any atom is -0.454 e. The first-order valence-corrected chi connectivity index (χ1v) is 9.25. The number of nitro groups is 1. The van der Waals surface area contributed by atoms with Crippen molar-refractivity contribution in [3.63, 3.8) is 0 Å². The highest BCUT2D eigenvalue weighted by atomic mass is 16.6. The number of ether oxygens (including phenoxy) is 2. The number of nitrogens with zero attached hydrogens (tertiary/aromatic N) is 2. The zero-order valence-corrected chi connectivity index (χ0v) is 16.3. The first-order chi connectivity index (χ1) is 13.8. The van der Waals surface area contributed by atoms with Gasteiger partial charge in [0.1, 0.15) is 10.7 Å². The predicted molar refractivity (Wildman–Crippen MR) is 103 cm³/mol. The van der Waals surface area contributed by atoms with Crippen LogP contribution in [-0.4, -0.2) is 40.6 Å². The Balaban J connectivity index is 1.56. The quantitative estimate of drug-likeness (QED) is 0.219. The van der Waals surface area contributed by atoms with Crippen molar-refractivity contribution in [2.24, 2.45) is 0 Å². The molecule has 1 atom stereocenters. The highest BCUT2D eigenvalue weighted by Crippen LogP contribution is 2.21. The smallest absolute Gasteiger partial charge is 0.433 e. The summed E-state index contributed by atoms with van der Waals surface area (Å²) in [5, 5.41) is 10.6. The van der Waals surface area contributed by atoms with Gasteiger partial charge in [0, 0.05) is 36.2 Å². The summed E-state index contributed by atoms with van der Waals surface area (Å²) in [6, 6.07) is 4.33. The third-order valence-electron chi connectivity index (χ3n) is 4.81. The van der Waals surface area contributed by atoms with Crippen molar-refractivity contribution in [2.75, 3.05) is 13.2 Å². The van der Waals surface area contributed by atoms with E-state index in [1.165, 1.54) is 18.2 Å². The summed E-state index contributed by atoms with van der Waals surface area (Å²) in [6.45, 7) is 4.86. The molecule has 1 aliphatic rings. The van der Waals surface area contributed by atoms with Crippen molar-refractivity contribution in [1.29, 1.82) is 0 Å². The van der Waals surface area contributed by atoms with Gasteiger partial charge in [0.15, 0.2) is 6.61 Å². The molecule has 0 aromatic carbocycles. The number of aryl methyl sites for hydroxylation is 1. The van der Waals surface area contributed by atoms with Crippen LogP contribution in [0.4, 0.5) is 5.88 Å². The molecule has 0 spiro atoms. The molecule has 0 N–H and O–H groups in total. The van der Waals surface area contributed by atoms with Crippen LogP contribution in [0, 0.1) is 24.0 Å². The van der Waals surface area contributed by atoms with Gasteiger partial charge in [-0.3, -0.25) is 14.9 Å². The van der Waals surface area contributed by atoms with Crippen LogP contribution in [0.3, 0.4) is 0 Å². The topological polar surface area (TPSA) is 114 Å². The molecule has 2 aromatic heterocycles. The molecule has 9 heteroatoms. The first kappa shape index (κ1) is 20.5. The first-order valence-electron chi connectivity index (χ1n) is 9.25. The Hall–Kier alpha value is -3.20. The molecule has 1 saturated heterocycles. The van der Waals surface area contributed by atoms with E-state index in [2.05, 4.69) is 4.57 Å². The molecule has 29 heavy (non-hydrogen) atoms. The van der Waals surface area contributed by atoms with Crippen molar-refractivity contribution < 1.29 is 28.4 Å².